The second-order valence-corrected chi connectivity index (χ2v) is 5.27. The van der Waals surface area contributed by atoms with Gasteiger partial charge in [-0.2, -0.15) is 5.10 Å². The lowest BCUT2D eigenvalue weighted by Crippen LogP contribution is -2.18. The molecule has 0 saturated heterocycles. The first kappa shape index (κ1) is 13.3. The molecule has 0 radical (unpaired) electrons. The Balaban J connectivity index is 1.46. The van der Waals surface area contributed by atoms with E-state index < -0.39 is 0 Å². The van der Waals surface area contributed by atoms with Crippen molar-refractivity contribution in [3.8, 4) is 0 Å². The molecule has 1 aliphatic rings. The first-order valence-corrected chi connectivity index (χ1v) is 7.43. The zero-order valence-electron chi connectivity index (χ0n) is 11.6. The van der Waals surface area contributed by atoms with Crippen LogP contribution in [-0.4, -0.2) is 39.4 Å². The first-order valence-electron chi connectivity index (χ1n) is 7.43. The van der Waals surface area contributed by atoms with Gasteiger partial charge in [0.2, 0.25) is 0 Å². The normalized spacial score (nSPS) is 17.2. The summed E-state index contributed by atoms with van der Waals surface area (Å²) in [6.45, 7) is 1.47. The van der Waals surface area contributed by atoms with Crippen LogP contribution in [0.2, 0.25) is 0 Å². The lowest BCUT2D eigenvalue weighted by Gasteiger charge is -2.15. The number of anilines is 1. The molecule has 1 saturated carbocycles. The average Bonchev–Trinajstić information content (AvgIpc) is 2.81. The minimum absolute atomic E-state index is 0.443. The summed E-state index contributed by atoms with van der Waals surface area (Å²) in [6, 6.07) is 0. The fraction of sp³-hybridized carbons (Fsp3) is 0.643. The SMILES string of the molecule is c1nc(NCCOC2CCCCCC2)c2cn[nH]c2n1. The third-order valence-corrected chi connectivity index (χ3v) is 3.80. The summed E-state index contributed by atoms with van der Waals surface area (Å²) >= 11 is 0. The maximum Gasteiger partial charge on any atom is 0.160 e. The molecule has 108 valence electrons. The predicted molar refractivity (Wildman–Crippen MR) is 77.6 cm³/mol. The van der Waals surface area contributed by atoms with Crippen LogP contribution in [0.15, 0.2) is 12.5 Å². The number of ether oxygens (including phenoxy) is 1. The minimum atomic E-state index is 0.443. The third kappa shape index (κ3) is 3.25. The van der Waals surface area contributed by atoms with Gasteiger partial charge in [-0.1, -0.05) is 25.7 Å². The zero-order chi connectivity index (χ0) is 13.6. The lowest BCUT2D eigenvalue weighted by atomic mass is 10.1. The summed E-state index contributed by atoms with van der Waals surface area (Å²) in [7, 11) is 0. The Morgan fingerprint density at radius 1 is 1.20 bits per heavy atom. The van der Waals surface area contributed by atoms with Crippen molar-refractivity contribution < 1.29 is 4.74 Å². The molecule has 0 amide bonds. The molecule has 2 aromatic heterocycles. The maximum absolute atomic E-state index is 5.95. The molecule has 1 aliphatic carbocycles. The van der Waals surface area contributed by atoms with Gasteiger partial charge in [-0.05, 0) is 12.8 Å². The smallest absolute Gasteiger partial charge is 0.160 e. The van der Waals surface area contributed by atoms with Crippen molar-refractivity contribution in [2.45, 2.75) is 44.6 Å². The monoisotopic (exact) mass is 275 g/mol. The van der Waals surface area contributed by atoms with Crippen LogP contribution in [0.3, 0.4) is 0 Å². The van der Waals surface area contributed by atoms with Gasteiger partial charge in [-0.25, -0.2) is 9.97 Å². The number of aromatic amines is 1. The topological polar surface area (TPSA) is 75.7 Å². The molecular formula is C14H21N5O. The highest BCUT2D eigenvalue weighted by Gasteiger charge is 2.12. The summed E-state index contributed by atoms with van der Waals surface area (Å²) < 4.78 is 5.95. The van der Waals surface area contributed by atoms with Crippen LogP contribution < -0.4 is 5.32 Å². The van der Waals surface area contributed by atoms with Gasteiger partial charge in [0, 0.05) is 6.54 Å². The minimum Gasteiger partial charge on any atom is -0.376 e. The number of rotatable bonds is 5. The molecule has 2 aromatic rings. The largest absolute Gasteiger partial charge is 0.376 e. The second-order valence-electron chi connectivity index (χ2n) is 5.27. The first-order chi connectivity index (χ1) is 9.93. The van der Waals surface area contributed by atoms with E-state index in [2.05, 4.69) is 25.5 Å². The molecule has 0 atom stereocenters. The molecule has 1 fully saturated rings. The molecule has 6 nitrogen and oxygen atoms in total. The Morgan fingerprint density at radius 3 is 2.90 bits per heavy atom. The molecule has 0 aliphatic heterocycles. The van der Waals surface area contributed by atoms with E-state index in [1.807, 2.05) is 0 Å². The van der Waals surface area contributed by atoms with Crippen molar-refractivity contribution in [2.24, 2.45) is 0 Å². The van der Waals surface area contributed by atoms with Crippen molar-refractivity contribution in [2.75, 3.05) is 18.5 Å². The standard InChI is InChI=1S/C14H21N5O/c1-2-4-6-11(5-3-1)20-8-7-15-13-12-9-18-19-14(12)17-10-16-13/h9-11H,1-8H2,(H2,15,16,17,18,19). The van der Waals surface area contributed by atoms with Crippen LogP contribution in [0.4, 0.5) is 5.82 Å². The van der Waals surface area contributed by atoms with Crippen molar-refractivity contribution in [3.63, 3.8) is 0 Å². The van der Waals surface area contributed by atoms with Crippen LogP contribution in [-0.2, 0) is 4.74 Å². The number of fused-ring (bicyclic) bond motifs is 1. The quantitative estimate of drug-likeness (QED) is 0.647. The van der Waals surface area contributed by atoms with Gasteiger partial charge in [0.15, 0.2) is 5.65 Å². The van der Waals surface area contributed by atoms with Gasteiger partial charge in [0.25, 0.3) is 0 Å². The number of H-pyrrole nitrogens is 1. The van der Waals surface area contributed by atoms with E-state index in [4.69, 9.17) is 4.74 Å². The Labute approximate surface area is 118 Å². The lowest BCUT2D eigenvalue weighted by molar-refractivity contribution is 0.0501. The molecule has 0 bridgehead atoms. The maximum atomic E-state index is 5.95. The van der Waals surface area contributed by atoms with Gasteiger partial charge in [0.05, 0.1) is 24.3 Å². The molecule has 0 unspecified atom stereocenters. The highest BCUT2D eigenvalue weighted by atomic mass is 16.5. The van der Waals surface area contributed by atoms with Crippen LogP contribution >= 0.6 is 0 Å². The van der Waals surface area contributed by atoms with E-state index in [1.54, 1.807) is 6.20 Å². The van der Waals surface area contributed by atoms with Crippen molar-refractivity contribution in [1.82, 2.24) is 20.2 Å². The van der Waals surface area contributed by atoms with Crippen LogP contribution in [0.1, 0.15) is 38.5 Å². The van der Waals surface area contributed by atoms with Gasteiger partial charge >= 0.3 is 0 Å². The van der Waals surface area contributed by atoms with Crippen LogP contribution in [0.25, 0.3) is 11.0 Å². The van der Waals surface area contributed by atoms with Crippen molar-refractivity contribution in [3.05, 3.63) is 12.5 Å². The van der Waals surface area contributed by atoms with Gasteiger partial charge in [0.1, 0.15) is 12.1 Å². The summed E-state index contributed by atoms with van der Waals surface area (Å²) in [6.07, 6.45) is 11.5. The Hall–Kier alpha value is -1.69. The summed E-state index contributed by atoms with van der Waals surface area (Å²) in [4.78, 5) is 8.35. The molecule has 20 heavy (non-hydrogen) atoms. The summed E-state index contributed by atoms with van der Waals surface area (Å²) in [5.74, 6) is 0.813. The second kappa shape index (κ2) is 6.65. The fourth-order valence-electron chi connectivity index (χ4n) is 2.71. The Morgan fingerprint density at radius 2 is 2.05 bits per heavy atom. The van der Waals surface area contributed by atoms with Crippen molar-refractivity contribution in [1.29, 1.82) is 0 Å². The average molecular weight is 275 g/mol. The number of nitrogens with one attached hydrogen (secondary N) is 2. The number of hydrogen-bond acceptors (Lipinski definition) is 5. The van der Waals surface area contributed by atoms with Crippen LogP contribution in [0.5, 0.6) is 0 Å². The van der Waals surface area contributed by atoms with E-state index in [1.165, 1.54) is 44.9 Å². The molecule has 2 N–H and O–H groups in total. The van der Waals surface area contributed by atoms with E-state index in [0.29, 0.717) is 12.7 Å². The highest BCUT2D eigenvalue weighted by molar-refractivity contribution is 5.85. The molecule has 2 heterocycles. The van der Waals surface area contributed by atoms with Gasteiger partial charge in [-0.15, -0.1) is 0 Å². The van der Waals surface area contributed by atoms with Gasteiger partial charge < -0.3 is 10.1 Å². The number of nitrogens with zero attached hydrogens (tertiary/aromatic N) is 3. The number of aromatic nitrogens is 4. The molecule has 3 rings (SSSR count). The zero-order valence-corrected chi connectivity index (χ0v) is 11.6. The molecule has 6 heteroatoms. The molecular weight excluding hydrogens is 254 g/mol. The van der Waals surface area contributed by atoms with E-state index >= 15 is 0 Å². The van der Waals surface area contributed by atoms with E-state index in [0.717, 1.165) is 23.4 Å². The molecule has 0 spiro atoms. The molecule has 0 aromatic carbocycles. The Kier molecular flexibility index (Phi) is 4.42. The van der Waals surface area contributed by atoms with E-state index in [-0.39, 0.29) is 0 Å². The van der Waals surface area contributed by atoms with E-state index in [9.17, 15) is 0 Å². The van der Waals surface area contributed by atoms with Crippen molar-refractivity contribution >= 4 is 16.9 Å². The summed E-state index contributed by atoms with van der Waals surface area (Å²) in [5.41, 5.74) is 0.757. The van der Waals surface area contributed by atoms with Crippen LogP contribution in [0, 0.1) is 0 Å². The summed E-state index contributed by atoms with van der Waals surface area (Å²) in [5, 5.41) is 11.0. The fourth-order valence-corrected chi connectivity index (χ4v) is 2.71. The predicted octanol–water partition coefficient (Wildman–Crippen LogP) is 2.50. The number of hydrogen-bond donors (Lipinski definition) is 2. The Bertz CT molecular complexity index is 533. The third-order valence-electron chi connectivity index (χ3n) is 3.80. The highest BCUT2D eigenvalue weighted by Crippen LogP contribution is 2.20. The van der Waals surface area contributed by atoms with Gasteiger partial charge in [-0.3, -0.25) is 5.10 Å².